The monoisotopic (exact) mass is 458 g/mol. The van der Waals surface area contributed by atoms with Gasteiger partial charge < -0.3 is 0 Å². The Labute approximate surface area is 211 Å². The Morgan fingerprint density at radius 3 is 1.65 bits per heavy atom. The maximum atomic E-state index is 2.42. The number of hydrogen-bond donors (Lipinski definition) is 0. The molecule has 34 heavy (non-hydrogen) atoms. The smallest absolute Gasteiger partial charge is 0.0162 e. The SMILES string of the molecule is CCCCC[C@H]1CC[C@H](c2ccc(-c3ccc(CC[C@H]4CC[C@H](CCC)CC4)cc3)cc2)CC1. The first kappa shape index (κ1) is 25.5. The van der Waals surface area contributed by atoms with Gasteiger partial charge in [-0.2, -0.15) is 0 Å². The lowest BCUT2D eigenvalue weighted by atomic mass is 9.77. The van der Waals surface area contributed by atoms with Gasteiger partial charge in [0, 0.05) is 0 Å². The van der Waals surface area contributed by atoms with Gasteiger partial charge >= 0.3 is 0 Å². The van der Waals surface area contributed by atoms with Crippen LogP contribution >= 0.6 is 0 Å². The van der Waals surface area contributed by atoms with E-state index in [9.17, 15) is 0 Å². The van der Waals surface area contributed by atoms with Crippen molar-refractivity contribution in [1.82, 2.24) is 0 Å². The number of hydrogen-bond acceptors (Lipinski definition) is 0. The molecule has 0 aromatic heterocycles. The number of aryl methyl sites for hydroxylation is 1. The minimum Gasteiger partial charge on any atom is -0.0654 e. The van der Waals surface area contributed by atoms with Crippen LogP contribution in [-0.4, -0.2) is 0 Å². The molecule has 2 aromatic carbocycles. The molecule has 0 aliphatic heterocycles. The molecule has 2 saturated carbocycles. The molecule has 0 spiro atoms. The maximum Gasteiger partial charge on any atom is -0.0162 e. The van der Waals surface area contributed by atoms with E-state index in [4.69, 9.17) is 0 Å². The molecule has 2 aliphatic rings. The van der Waals surface area contributed by atoms with Crippen molar-refractivity contribution in [2.24, 2.45) is 17.8 Å². The van der Waals surface area contributed by atoms with Crippen molar-refractivity contribution >= 4 is 0 Å². The van der Waals surface area contributed by atoms with E-state index in [1.54, 1.807) is 5.56 Å². The molecule has 4 rings (SSSR count). The highest BCUT2D eigenvalue weighted by Crippen LogP contribution is 2.38. The standard InChI is InChI=1S/C34H50/c1-3-5-6-8-28-15-19-31(20-16-28)33-23-25-34(26-24-33)32-21-17-30(18-22-32)14-13-29-11-9-27(7-4-2)10-12-29/h17-18,21-29,31H,3-16,19-20H2,1-2H3/t27-,28-,29-,31-. The van der Waals surface area contributed by atoms with E-state index in [2.05, 4.69) is 62.4 Å². The van der Waals surface area contributed by atoms with Crippen molar-refractivity contribution in [3.8, 4) is 11.1 Å². The highest BCUT2D eigenvalue weighted by Gasteiger charge is 2.22. The molecule has 0 unspecified atom stereocenters. The van der Waals surface area contributed by atoms with Gasteiger partial charge in [-0.05, 0) is 84.5 Å². The van der Waals surface area contributed by atoms with Crippen LogP contribution in [0.2, 0.25) is 0 Å². The lowest BCUT2D eigenvalue weighted by Crippen LogP contribution is -2.15. The second kappa shape index (κ2) is 13.5. The van der Waals surface area contributed by atoms with E-state index in [1.807, 2.05) is 0 Å². The van der Waals surface area contributed by atoms with E-state index >= 15 is 0 Å². The Kier molecular flexibility index (Phi) is 10.1. The van der Waals surface area contributed by atoms with Crippen LogP contribution in [0.3, 0.4) is 0 Å². The third kappa shape index (κ3) is 7.47. The third-order valence-electron chi connectivity index (χ3n) is 9.24. The Balaban J connectivity index is 1.22. The fourth-order valence-electron chi connectivity index (χ4n) is 6.87. The summed E-state index contributed by atoms with van der Waals surface area (Å²) in [4.78, 5) is 0. The van der Waals surface area contributed by atoms with Crippen LogP contribution in [-0.2, 0) is 6.42 Å². The lowest BCUT2D eigenvalue weighted by Gasteiger charge is -2.29. The van der Waals surface area contributed by atoms with Crippen molar-refractivity contribution in [1.29, 1.82) is 0 Å². The van der Waals surface area contributed by atoms with Crippen molar-refractivity contribution in [2.45, 2.75) is 122 Å². The normalized spacial score (nSPS) is 25.4. The van der Waals surface area contributed by atoms with Gasteiger partial charge in [0.15, 0.2) is 0 Å². The minimum absolute atomic E-state index is 0.788. The second-order valence-corrected chi connectivity index (χ2v) is 11.7. The van der Waals surface area contributed by atoms with Crippen LogP contribution in [0.4, 0.5) is 0 Å². The van der Waals surface area contributed by atoms with Crippen molar-refractivity contribution < 1.29 is 0 Å². The zero-order valence-corrected chi connectivity index (χ0v) is 22.2. The molecule has 0 radical (unpaired) electrons. The van der Waals surface area contributed by atoms with Gasteiger partial charge in [0.05, 0.1) is 0 Å². The van der Waals surface area contributed by atoms with E-state index in [0.717, 1.165) is 23.7 Å². The predicted octanol–water partition coefficient (Wildman–Crippen LogP) is 10.7. The van der Waals surface area contributed by atoms with Gasteiger partial charge in [0.2, 0.25) is 0 Å². The first-order chi connectivity index (χ1) is 16.7. The Morgan fingerprint density at radius 1 is 0.529 bits per heavy atom. The number of unbranched alkanes of at least 4 members (excludes halogenated alkanes) is 2. The highest BCUT2D eigenvalue weighted by atomic mass is 14.3. The van der Waals surface area contributed by atoms with Crippen molar-refractivity contribution in [2.75, 3.05) is 0 Å². The van der Waals surface area contributed by atoms with Crippen LogP contribution in [0, 0.1) is 17.8 Å². The molecule has 0 saturated heterocycles. The van der Waals surface area contributed by atoms with Crippen LogP contribution in [0.1, 0.15) is 127 Å². The number of rotatable bonds is 11. The molecule has 0 heterocycles. The van der Waals surface area contributed by atoms with E-state index in [0.29, 0.717) is 0 Å². The first-order valence-electron chi connectivity index (χ1n) is 14.9. The molecule has 2 aliphatic carbocycles. The summed E-state index contributed by atoms with van der Waals surface area (Å²) < 4.78 is 0. The summed E-state index contributed by atoms with van der Waals surface area (Å²) in [5.74, 6) is 3.77. The predicted molar refractivity (Wildman–Crippen MR) is 149 cm³/mol. The molecule has 0 bridgehead atoms. The van der Waals surface area contributed by atoms with Gasteiger partial charge in [-0.3, -0.25) is 0 Å². The van der Waals surface area contributed by atoms with Crippen molar-refractivity contribution in [3.05, 3.63) is 59.7 Å². The summed E-state index contributed by atoms with van der Waals surface area (Å²) >= 11 is 0. The van der Waals surface area contributed by atoms with Crippen LogP contribution in [0.15, 0.2) is 48.5 Å². The maximum absolute atomic E-state index is 2.42. The van der Waals surface area contributed by atoms with E-state index < -0.39 is 0 Å². The Morgan fingerprint density at radius 2 is 1.06 bits per heavy atom. The Bertz CT molecular complexity index is 798. The average Bonchev–Trinajstić information content (AvgIpc) is 2.89. The molecular weight excluding hydrogens is 408 g/mol. The molecule has 2 aromatic rings. The summed E-state index contributed by atoms with van der Waals surface area (Å²) in [6.07, 6.45) is 22.7. The zero-order valence-electron chi connectivity index (χ0n) is 22.2. The fraction of sp³-hybridized carbons (Fsp3) is 0.647. The Hall–Kier alpha value is -1.56. The van der Waals surface area contributed by atoms with Gasteiger partial charge in [-0.25, -0.2) is 0 Å². The molecule has 0 atom stereocenters. The van der Waals surface area contributed by atoms with Crippen LogP contribution in [0.25, 0.3) is 11.1 Å². The van der Waals surface area contributed by atoms with Gasteiger partial charge in [0.1, 0.15) is 0 Å². The third-order valence-corrected chi connectivity index (χ3v) is 9.24. The molecule has 0 nitrogen and oxygen atoms in total. The summed E-state index contributed by atoms with van der Waals surface area (Å²) in [5, 5.41) is 0. The molecule has 186 valence electrons. The molecule has 2 fully saturated rings. The first-order valence-corrected chi connectivity index (χ1v) is 14.9. The molecule has 0 amide bonds. The summed E-state index contributed by atoms with van der Waals surface area (Å²) in [6, 6.07) is 19.0. The van der Waals surface area contributed by atoms with Crippen LogP contribution in [0.5, 0.6) is 0 Å². The largest absolute Gasteiger partial charge is 0.0654 e. The average molecular weight is 459 g/mol. The number of benzene rings is 2. The fourth-order valence-corrected chi connectivity index (χ4v) is 6.87. The molecule has 0 heteroatoms. The van der Waals surface area contributed by atoms with Gasteiger partial charge in [-0.1, -0.05) is 127 Å². The lowest BCUT2D eigenvalue weighted by molar-refractivity contribution is 0.252. The molecular formula is C34H50. The van der Waals surface area contributed by atoms with Crippen molar-refractivity contribution in [3.63, 3.8) is 0 Å². The minimum atomic E-state index is 0.788. The van der Waals surface area contributed by atoms with Gasteiger partial charge in [0.25, 0.3) is 0 Å². The summed E-state index contributed by atoms with van der Waals surface area (Å²) in [6.45, 7) is 4.65. The highest BCUT2D eigenvalue weighted by molar-refractivity contribution is 5.64. The van der Waals surface area contributed by atoms with E-state index in [1.165, 1.54) is 119 Å². The topological polar surface area (TPSA) is 0 Å². The summed E-state index contributed by atoms with van der Waals surface area (Å²) in [5.41, 5.74) is 5.83. The summed E-state index contributed by atoms with van der Waals surface area (Å²) in [7, 11) is 0. The quantitative estimate of drug-likeness (QED) is 0.294. The van der Waals surface area contributed by atoms with E-state index in [-0.39, 0.29) is 0 Å². The second-order valence-electron chi connectivity index (χ2n) is 11.7. The van der Waals surface area contributed by atoms with Crippen LogP contribution < -0.4 is 0 Å². The van der Waals surface area contributed by atoms with Gasteiger partial charge in [-0.15, -0.1) is 0 Å². The molecule has 0 N–H and O–H groups in total. The zero-order chi connectivity index (χ0) is 23.6.